The predicted molar refractivity (Wildman–Crippen MR) is 98.1 cm³/mol. The van der Waals surface area contributed by atoms with E-state index in [2.05, 4.69) is 54.5 Å². The summed E-state index contributed by atoms with van der Waals surface area (Å²) in [6.07, 6.45) is 3.28. The zero-order valence-corrected chi connectivity index (χ0v) is 16.2. The predicted octanol–water partition coefficient (Wildman–Crippen LogP) is 3.38. The molecule has 0 spiro atoms. The van der Waals surface area contributed by atoms with Gasteiger partial charge in [0.05, 0.1) is 12.8 Å². The molecule has 2 aromatic rings. The summed E-state index contributed by atoms with van der Waals surface area (Å²) in [6.45, 7) is 6.35. The topological polar surface area (TPSA) is 73.1 Å². The van der Waals surface area contributed by atoms with E-state index < -0.39 is 5.54 Å². The first kappa shape index (κ1) is 18.4. The molecule has 0 radical (unpaired) electrons. The van der Waals surface area contributed by atoms with Crippen molar-refractivity contribution in [2.75, 3.05) is 14.2 Å². The maximum absolute atomic E-state index is 12.4. The van der Waals surface area contributed by atoms with Crippen LogP contribution in [0.5, 0.6) is 0 Å². The van der Waals surface area contributed by atoms with E-state index in [1.807, 2.05) is 0 Å². The van der Waals surface area contributed by atoms with E-state index in [-0.39, 0.29) is 6.09 Å². The molecule has 1 amide bonds. The Morgan fingerprint density at radius 2 is 1.85 bits per heavy atom. The Hall–Kier alpha value is -2.44. The molecule has 0 N–H and O–H groups in total. The molecule has 0 bridgehead atoms. The molecule has 1 aliphatic carbocycles. The van der Waals surface area contributed by atoms with Crippen molar-refractivity contribution in [2.45, 2.75) is 52.0 Å². The Morgan fingerprint density at radius 1 is 1.23 bits per heavy atom. The molecule has 7 nitrogen and oxygen atoms in total. The normalized spacial score (nSPS) is 22.9. The number of rotatable bonds is 3. The number of aryl methyl sites for hydroxylation is 2. The molecule has 1 aliphatic rings. The van der Waals surface area contributed by atoms with Crippen LogP contribution in [0.3, 0.4) is 0 Å². The number of amides is 1. The second-order valence-corrected chi connectivity index (χ2v) is 7.50. The maximum Gasteiger partial charge on any atom is 0.410 e. The fourth-order valence-corrected chi connectivity index (χ4v) is 3.98. The van der Waals surface area contributed by atoms with Gasteiger partial charge in [-0.05, 0) is 79.1 Å². The molecule has 7 heteroatoms. The van der Waals surface area contributed by atoms with E-state index in [4.69, 9.17) is 4.74 Å². The van der Waals surface area contributed by atoms with Crippen LogP contribution >= 0.6 is 0 Å². The van der Waals surface area contributed by atoms with Gasteiger partial charge < -0.3 is 4.74 Å². The Balaban J connectivity index is 2.12. The molecule has 0 atom stereocenters. The van der Waals surface area contributed by atoms with Crippen LogP contribution in [0.1, 0.15) is 49.6 Å². The van der Waals surface area contributed by atoms with E-state index in [0.717, 1.165) is 42.5 Å². The molecule has 0 aliphatic heterocycles. The first-order valence-corrected chi connectivity index (χ1v) is 9.06. The molecular weight excluding hydrogens is 330 g/mol. The Morgan fingerprint density at radius 3 is 2.42 bits per heavy atom. The lowest BCUT2D eigenvalue weighted by Gasteiger charge is -2.43. The van der Waals surface area contributed by atoms with Crippen molar-refractivity contribution in [1.29, 1.82) is 0 Å². The number of carbonyl (C=O) groups is 1. The highest BCUT2D eigenvalue weighted by Gasteiger charge is 2.46. The molecule has 1 aromatic carbocycles. The summed E-state index contributed by atoms with van der Waals surface area (Å²) >= 11 is 0. The van der Waals surface area contributed by atoms with Crippen LogP contribution in [-0.4, -0.2) is 45.4 Å². The van der Waals surface area contributed by atoms with Gasteiger partial charge in [-0.1, -0.05) is 13.0 Å². The lowest BCUT2D eigenvalue weighted by molar-refractivity contribution is 0.0383. The van der Waals surface area contributed by atoms with Gasteiger partial charge in [-0.2, -0.15) is 4.68 Å². The van der Waals surface area contributed by atoms with Crippen LogP contribution in [0.15, 0.2) is 18.2 Å². The van der Waals surface area contributed by atoms with E-state index in [1.54, 1.807) is 16.6 Å². The molecular formula is C19H27N5O2. The maximum atomic E-state index is 12.4. The molecule has 1 fully saturated rings. The van der Waals surface area contributed by atoms with E-state index in [1.165, 1.54) is 7.11 Å². The number of tetrazole rings is 1. The van der Waals surface area contributed by atoms with Gasteiger partial charge in [-0.3, -0.25) is 4.90 Å². The quantitative estimate of drug-likeness (QED) is 0.842. The number of nitrogens with zero attached hydrogens (tertiary/aromatic N) is 5. The number of benzene rings is 1. The van der Waals surface area contributed by atoms with E-state index in [0.29, 0.717) is 11.7 Å². The van der Waals surface area contributed by atoms with Crippen molar-refractivity contribution in [3.05, 3.63) is 35.2 Å². The number of methoxy groups -OCH3 is 1. The number of carbonyl (C=O) groups excluding carboxylic acids is 1. The van der Waals surface area contributed by atoms with Crippen LogP contribution in [0.4, 0.5) is 4.79 Å². The van der Waals surface area contributed by atoms with Crippen molar-refractivity contribution in [2.24, 2.45) is 5.92 Å². The Bertz CT molecular complexity index is 773. The summed E-state index contributed by atoms with van der Waals surface area (Å²) < 4.78 is 6.78. The van der Waals surface area contributed by atoms with Gasteiger partial charge in [-0.15, -0.1) is 5.10 Å². The largest absolute Gasteiger partial charge is 0.453 e. The van der Waals surface area contributed by atoms with Gasteiger partial charge in [-0.25, -0.2) is 4.79 Å². The second kappa shape index (κ2) is 7.05. The summed E-state index contributed by atoms with van der Waals surface area (Å²) in [5.74, 6) is 1.32. The van der Waals surface area contributed by atoms with Crippen molar-refractivity contribution in [3.8, 4) is 5.69 Å². The van der Waals surface area contributed by atoms with Gasteiger partial charge in [0.25, 0.3) is 0 Å². The Kier molecular flexibility index (Phi) is 4.98. The molecule has 1 saturated carbocycles. The molecule has 3 rings (SSSR count). The average molecular weight is 357 g/mol. The van der Waals surface area contributed by atoms with Gasteiger partial charge in [0.1, 0.15) is 5.54 Å². The van der Waals surface area contributed by atoms with Crippen molar-refractivity contribution < 1.29 is 9.53 Å². The van der Waals surface area contributed by atoms with Crippen molar-refractivity contribution in [3.63, 3.8) is 0 Å². The molecule has 0 unspecified atom stereocenters. The summed E-state index contributed by atoms with van der Waals surface area (Å²) in [4.78, 5) is 14.0. The van der Waals surface area contributed by atoms with Gasteiger partial charge in [0, 0.05) is 7.05 Å². The van der Waals surface area contributed by atoms with Crippen molar-refractivity contribution in [1.82, 2.24) is 25.1 Å². The highest BCUT2D eigenvalue weighted by Crippen LogP contribution is 2.43. The van der Waals surface area contributed by atoms with Crippen LogP contribution < -0.4 is 0 Å². The summed E-state index contributed by atoms with van der Waals surface area (Å²) in [6, 6.07) is 6.24. The van der Waals surface area contributed by atoms with Gasteiger partial charge >= 0.3 is 6.09 Å². The number of ether oxygens (including phenoxy) is 1. The Labute approximate surface area is 154 Å². The zero-order valence-electron chi connectivity index (χ0n) is 16.2. The molecule has 1 aromatic heterocycles. The molecule has 0 saturated heterocycles. The summed E-state index contributed by atoms with van der Waals surface area (Å²) in [7, 11) is 3.19. The lowest BCUT2D eigenvalue weighted by atomic mass is 9.75. The summed E-state index contributed by atoms with van der Waals surface area (Å²) in [5, 5.41) is 12.6. The fraction of sp³-hybridized carbons (Fsp3) is 0.579. The SMILES string of the molecule is COC(=O)N(C)C1(c2nnnn2-c2cc(C)cc(C)c2)CCC(C)CC1. The molecule has 26 heavy (non-hydrogen) atoms. The van der Waals surface area contributed by atoms with E-state index in [9.17, 15) is 4.79 Å². The summed E-state index contributed by atoms with van der Waals surface area (Å²) in [5.41, 5.74) is 2.64. The third-order valence-electron chi connectivity index (χ3n) is 5.53. The van der Waals surface area contributed by atoms with Crippen LogP contribution in [-0.2, 0) is 10.3 Å². The minimum absolute atomic E-state index is 0.366. The molecule has 140 valence electrons. The minimum atomic E-state index is -0.569. The van der Waals surface area contributed by atoms with Gasteiger partial charge in [0.15, 0.2) is 5.82 Å². The monoisotopic (exact) mass is 357 g/mol. The standard InChI is InChI=1S/C19H27N5O2/c1-13-6-8-19(9-7-13,23(4)18(25)26-5)17-20-21-22-24(17)16-11-14(2)10-15(3)12-16/h10-13H,6-9H2,1-5H3. The first-order chi connectivity index (χ1) is 12.4. The number of aromatic nitrogens is 4. The third kappa shape index (κ3) is 3.18. The fourth-order valence-electron chi connectivity index (χ4n) is 3.98. The highest BCUT2D eigenvalue weighted by atomic mass is 16.5. The zero-order chi connectivity index (χ0) is 18.9. The number of hydrogen-bond acceptors (Lipinski definition) is 5. The van der Waals surface area contributed by atoms with Gasteiger partial charge in [0.2, 0.25) is 0 Å². The third-order valence-corrected chi connectivity index (χ3v) is 5.53. The average Bonchev–Trinajstić information content (AvgIpc) is 3.11. The van der Waals surface area contributed by atoms with E-state index >= 15 is 0 Å². The van der Waals surface area contributed by atoms with Crippen molar-refractivity contribution >= 4 is 6.09 Å². The van der Waals surface area contributed by atoms with Crippen LogP contribution in [0.25, 0.3) is 5.69 Å². The molecule has 1 heterocycles. The second-order valence-electron chi connectivity index (χ2n) is 7.50. The number of hydrogen-bond donors (Lipinski definition) is 0. The van der Waals surface area contributed by atoms with Crippen LogP contribution in [0, 0.1) is 19.8 Å². The van der Waals surface area contributed by atoms with Crippen LogP contribution in [0.2, 0.25) is 0 Å². The lowest BCUT2D eigenvalue weighted by Crippen LogP contribution is -2.50. The first-order valence-electron chi connectivity index (χ1n) is 9.06. The highest BCUT2D eigenvalue weighted by molar-refractivity contribution is 5.68. The minimum Gasteiger partial charge on any atom is -0.453 e. The smallest absolute Gasteiger partial charge is 0.410 e.